The van der Waals surface area contributed by atoms with E-state index in [4.69, 9.17) is 0 Å². The van der Waals surface area contributed by atoms with Crippen molar-refractivity contribution in [1.29, 1.82) is 0 Å². The molecule has 1 aromatic heterocycles. The molecule has 2 atom stereocenters. The van der Waals surface area contributed by atoms with Gasteiger partial charge in [0.25, 0.3) is 0 Å². The van der Waals surface area contributed by atoms with Crippen LogP contribution in [0.25, 0.3) is 11.4 Å². The van der Waals surface area contributed by atoms with Gasteiger partial charge in [-0.2, -0.15) is 0 Å². The summed E-state index contributed by atoms with van der Waals surface area (Å²) in [6.45, 7) is 0.447. The average Bonchev–Trinajstić information content (AvgIpc) is 3.08. The maximum absolute atomic E-state index is 12.1. The molecule has 1 aliphatic rings. The highest BCUT2D eigenvalue weighted by Crippen LogP contribution is 2.20. The fraction of sp³-hybridized carbons (Fsp3) is 0.385. The Bertz CT molecular complexity index is 656. The van der Waals surface area contributed by atoms with Gasteiger partial charge in [0.2, 0.25) is 5.91 Å². The zero-order chi connectivity index (χ0) is 14.8. The Kier molecular flexibility index (Phi) is 3.63. The van der Waals surface area contributed by atoms with E-state index in [1.54, 1.807) is 17.8 Å². The molecule has 0 radical (unpaired) electrons. The van der Waals surface area contributed by atoms with E-state index in [1.807, 2.05) is 18.2 Å². The number of hydrogen-bond donors (Lipinski definition) is 3. The van der Waals surface area contributed by atoms with Crippen LogP contribution in [0.15, 0.2) is 24.3 Å². The molecule has 1 fully saturated rings. The lowest BCUT2D eigenvalue weighted by Crippen LogP contribution is -2.35. The molecule has 1 aromatic carbocycles. The summed E-state index contributed by atoms with van der Waals surface area (Å²) in [5, 5.41) is 26.6. The zero-order valence-corrected chi connectivity index (χ0v) is 11.5. The van der Waals surface area contributed by atoms with Crippen molar-refractivity contribution in [2.24, 2.45) is 7.05 Å². The summed E-state index contributed by atoms with van der Waals surface area (Å²) < 4.78 is 1.57. The number of rotatable bonds is 3. The molecule has 8 heteroatoms. The van der Waals surface area contributed by atoms with E-state index in [2.05, 4.69) is 26.2 Å². The van der Waals surface area contributed by atoms with E-state index < -0.39 is 6.10 Å². The van der Waals surface area contributed by atoms with Crippen molar-refractivity contribution >= 4 is 11.6 Å². The van der Waals surface area contributed by atoms with Crippen molar-refractivity contribution in [3.63, 3.8) is 0 Å². The van der Waals surface area contributed by atoms with Crippen molar-refractivity contribution in [1.82, 2.24) is 25.5 Å². The summed E-state index contributed by atoms with van der Waals surface area (Å²) in [4.78, 5) is 12.1. The number of aromatic nitrogens is 4. The van der Waals surface area contributed by atoms with Gasteiger partial charge in [-0.05, 0) is 29.0 Å². The molecule has 1 amide bonds. The quantitative estimate of drug-likeness (QED) is 0.706. The third-order valence-corrected chi connectivity index (χ3v) is 3.43. The Hall–Kier alpha value is -2.32. The highest BCUT2D eigenvalue weighted by Gasteiger charge is 2.28. The standard InChI is InChI=1S/C13H16N6O2/c1-19-12(16-17-18-19)8-3-2-4-9(5-8)15-13(21)11-6-10(20)7-14-11/h2-5,10-11,14,20H,6-7H2,1H3,(H,15,21). The number of hydrogen-bond acceptors (Lipinski definition) is 6. The van der Waals surface area contributed by atoms with Crippen molar-refractivity contribution in [2.45, 2.75) is 18.6 Å². The second-order valence-electron chi connectivity index (χ2n) is 5.05. The number of β-amino-alcohol motifs (C(OH)–C–C–N with tert-alkyl or cyclic N) is 1. The molecular formula is C13H16N6O2. The van der Waals surface area contributed by atoms with E-state index in [0.717, 1.165) is 5.56 Å². The lowest BCUT2D eigenvalue weighted by atomic mass is 10.1. The van der Waals surface area contributed by atoms with E-state index in [9.17, 15) is 9.90 Å². The summed E-state index contributed by atoms with van der Waals surface area (Å²) in [5.74, 6) is 0.473. The van der Waals surface area contributed by atoms with E-state index >= 15 is 0 Å². The smallest absolute Gasteiger partial charge is 0.241 e. The number of aliphatic hydroxyl groups is 1. The molecular weight excluding hydrogens is 272 g/mol. The molecule has 0 spiro atoms. The van der Waals surface area contributed by atoms with E-state index in [0.29, 0.717) is 24.5 Å². The van der Waals surface area contributed by atoms with Crippen LogP contribution in [0.4, 0.5) is 5.69 Å². The van der Waals surface area contributed by atoms with Crippen LogP contribution < -0.4 is 10.6 Å². The predicted octanol–water partition coefficient (Wildman–Crippen LogP) is -0.462. The molecule has 0 aliphatic carbocycles. The Morgan fingerprint density at radius 2 is 2.38 bits per heavy atom. The normalized spacial score (nSPS) is 21.4. The number of nitrogens with one attached hydrogen (secondary N) is 2. The Morgan fingerprint density at radius 3 is 3.05 bits per heavy atom. The van der Waals surface area contributed by atoms with Crippen molar-refractivity contribution in [2.75, 3.05) is 11.9 Å². The van der Waals surface area contributed by atoms with Crippen LogP contribution in [0.1, 0.15) is 6.42 Å². The average molecular weight is 288 g/mol. The van der Waals surface area contributed by atoms with E-state index in [1.165, 1.54) is 0 Å². The van der Waals surface area contributed by atoms with Crippen LogP contribution in [0.3, 0.4) is 0 Å². The van der Waals surface area contributed by atoms with Gasteiger partial charge in [0.05, 0.1) is 12.1 Å². The number of carbonyl (C=O) groups is 1. The number of nitrogens with zero attached hydrogens (tertiary/aromatic N) is 4. The van der Waals surface area contributed by atoms with Gasteiger partial charge in [0.1, 0.15) is 0 Å². The zero-order valence-electron chi connectivity index (χ0n) is 11.5. The Morgan fingerprint density at radius 1 is 1.52 bits per heavy atom. The lowest BCUT2D eigenvalue weighted by molar-refractivity contribution is -0.117. The molecule has 8 nitrogen and oxygen atoms in total. The summed E-state index contributed by atoms with van der Waals surface area (Å²) in [6.07, 6.45) is -0.0320. The molecule has 2 unspecified atom stereocenters. The number of aliphatic hydroxyl groups excluding tert-OH is 1. The number of amides is 1. The second-order valence-corrected chi connectivity index (χ2v) is 5.05. The minimum absolute atomic E-state index is 0.153. The van der Waals surface area contributed by atoms with Crippen LogP contribution in [-0.2, 0) is 11.8 Å². The third kappa shape index (κ3) is 2.91. The highest BCUT2D eigenvalue weighted by atomic mass is 16.3. The highest BCUT2D eigenvalue weighted by molar-refractivity contribution is 5.95. The van der Waals surface area contributed by atoms with Crippen LogP contribution >= 0.6 is 0 Å². The molecule has 21 heavy (non-hydrogen) atoms. The van der Waals surface area contributed by atoms with Crippen LogP contribution in [0.2, 0.25) is 0 Å². The minimum Gasteiger partial charge on any atom is -0.392 e. The first-order chi connectivity index (χ1) is 10.1. The lowest BCUT2D eigenvalue weighted by Gasteiger charge is -2.11. The van der Waals surface area contributed by atoms with Gasteiger partial charge in [0.15, 0.2) is 5.82 Å². The van der Waals surface area contributed by atoms with Crippen LogP contribution in [0.5, 0.6) is 0 Å². The monoisotopic (exact) mass is 288 g/mol. The molecule has 2 heterocycles. The SMILES string of the molecule is Cn1nnnc1-c1cccc(NC(=O)C2CC(O)CN2)c1. The van der Waals surface area contributed by atoms with Crippen molar-refractivity contribution < 1.29 is 9.90 Å². The second kappa shape index (κ2) is 5.58. The summed E-state index contributed by atoms with van der Waals surface area (Å²) >= 11 is 0. The summed E-state index contributed by atoms with van der Waals surface area (Å²) in [6, 6.07) is 6.96. The largest absolute Gasteiger partial charge is 0.392 e. The fourth-order valence-electron chi connectivity index (χ4n) is 2.36. The topological polar surface area (TPSA) is 105 Å². The number of carbonyl (C=O) groups excluding carboxylic acids is 1. The molecule has 0 bridgehead atoms. The first kappa shape index (κ1) is 13.7. The third-order valence-electron chi connectivity index (χ3n) is 3.43. The molecule has 0 saturated carbocycles. The van der Waals surface area contributed by atoms with Crippen LogP contribution in [-0.4, -0.2) is 49.9 Å². The van der Waals surface area contributed by atoms with Gasteiger partial charge in [-0.1, -0.05) is 12.1 Å². The maximum atomic E-state index is 12.1. The Labute approximate surface area is 121 Å². The fourth-order valence-corrected chi connectivity index (χ4v) is 2.36. The Balaban J connectivity index is 1.75. The minimum atomic E-state index is -0.461. The van der Waals surface area contributed by atoms with Crippen LogP contribution in [0, 0.1) is 0 Å². The molecule has 3 N–H and O–H groups in total. The van der Waals surface area contributed by atoms with Gasteiger partial charge in [-0.3, -0.25) is 4.79 Å². The van der Waals surface area contributed by atoms with Crippen molar-refractivity contribution in [3.05, 3.63) is 24.3 Å². The van der Waals surface area contributed by atoms with Gasteiger partial charge in [0, 0.05) is 24.8 Å². The molecule has 110 valence electrons. The number of aryl methyl sites for hydroxylation is 1. The number of benzene rings is 1. The summed E-state index contributed by atoms with van der Waals surface area (Å²) in [7, 11) is 1.75. The van der Waals surface area contributed by atoms with Gasteiger partial charge >= 0.3 is 0 Å². The molecule has 1 aliphatic heterocycles. The molecule has 2 aromatic rings. The first-order valence-corrected chi connectivity index (χ1v) is 6.68. The van der Waals surface area contributed by atoms with Gasteiger partial charge in [-0.25, -0.2) is 4.68 Å². The predicted molar refractivity (Wildman–Crippen MR) is 75.3 cm³/mol. The maximum Gasteiger partial charge on any atom is 0.241 e. The van der Waals surface area contributed by atoms with Gasteiger partial charge < -0.3 is 15.7 Å². The molecule has 3 rings (SSSR count). The first-order valence-electron chi connectivity index (χ1n) is 6.68. The summed E-state index contributed by atoms with van der Waals surface area (Å²) in [5.41, 5.74) is 1.49. The van der Waals surface area contributed by atoms with Gasteiger partial charge in [-0.15, -0.1) is 5.10 Å². The van der Waals surface area contributed by atoms with Crippen molar-refractivity contribution in [3.8, 4) is 11.4 Å². The van der Waals surface area contributed by atoms with E-state index in [-0.39, 0.29) is 11.9 Å². The number of anilines is 1. The number of tetrazole rings is 1. The molecule has 1 saturated heterocycles.